The minimum absolute atomic E-state index is 0.186. The Balaban J connectivity index is 2.01. The Labute approximate surface area is 110 Å². The third-order valence-electron chi connectivity index (χ3n) is 2.72. The minimum Gasteiger partial charge on any atom is -0.464 e. The van der Waals surface area contributed by atoms with Crippen molar-refractivity contribution in [2.24, 2.45) is 0 Å². The molecule has 0 aliphatic heterocycles. The number of nitrogens with one attached hydrogen (secondary N) is 1. The van der Waals surface area contributed by atoms with Crippen molar-refractivity contribution in [3.63, 3.8) is 0 Å². The van der Waals surface area contributed by atoms with Crippen molar-refractivity contribution in [3.8, 4) is 0 Å². The van der Waals surface area contributed by atoms with Crippen LogP contribution in [0.1, 0.15) is 39.0 Å². The normalized spacial score (nSPS) is 10.1. The number of carbonyl (C=O) groups is 1. The SMILES string of the molecule is CCCCCCCOC(=O)CNc1ccccc1. The van der Waals surface area contributed by atoms with Gasteiger partial charge in [0.1, 0.15) is 6.54 Å². The van der Waals surface area contributed by atoms with Gasteiger partial charge in [0.15, 0.2) is 0 Å². The summed E-state index contributed by atoms with van der Waals surface area (Å²) in [6, 6.07) is 9.67. The quantitative estimate of drug-likeness (QED) is 0.536. The molecular formula is C15H23NO2. The lowest BCUT2D eigenvalue weighted by Crippen LogP contribution is -2.17. The van der Waals surface area contributed by atoms with Crippen LogP contribution in [-0.4, -0.2) is 19.1 Å². The van der Waals surface area contributed by atoms with Crippen LogP contribution in [0.25, 0.3) is 0 Å². The monoisotopic (exact) mass is 249 g/mol. The fraction of sp³-hybridized carbons (Fsp3) is 0.533. The predicted molar refractivity (Wildman–Crippen MR) is 74.6 cm³/mol. The van der Waals surface area contributed by atoms with Gasteiger partial charge in [0.25, 0.3) is 0 Å². The van der Waals surface area contributed by atoms with Gasteiger partial charge >= 0.3 is 5.97 Å². The summed E-state index contributed by atoms with van der Waals surface area (Å²) in [5.41, 5.74) is 0.942. The molecular weight excluding hydrogens is 226 g/mol. The summed E-state index contributed by atoms with van der Waals surface area (Å²) < 4.78 is 5.14. The molecule has 1 N–H and O–H groups in total. The first-order valence-electron chi connectivity index (χ1n) is 6.77. The Hall–Kier alpha value is -1.51. The molecule has 0 atom stereocenters. The summed E-state index contributed by atoms with van der Waals surface area (Å²) in [6.07, 6.45) is 5.85. The van der Waals surface area contributed by atoms with E-state index in [1.165, 1.54) is 19.3 Å². The Morgan fingerprint density at radius 3 is 2.56 bits per heavy atom. The maximum atomic E-state index is 11.4. The number of rotatable bonds is 9. The lowest BCUT2D eigenvalue weighted by Gasteiger charge is -2.07. The van der Waals surface area contributed by atoms with Crippen molar-refractivity contribution < 1.29 is 9.53 Å². The van der Waals surface area contributed by atoms with Gasteiger partial charge in [-0.05, 0) is 18.6 Å². The number of ether oxygens (including phenoxy) is 1. The lowest BCUT2D eigenvalue weighted by atomic mass is 10.2. The maximum absolute atomic E-state index is 11.4. The number of hydrogen-bond acceptors (Lipinski definition) is 3. The van der Waals surface area contributed by atoms with Crippen LogP contribution in [0, 0.1) is 0 Å². The van der Waals surface area contributed by atoms with E-state index >= 15 is 0 Å². The van der Waals surface area contributed by atoms with E-state index in [-0.39, 0.29) is 12.5 Å². The zero-order valence-corrected chi connectivity index (χ0v) is 11.2. The van der Waals surface area contributed by atoms with Crippen LogP contribution in [-0.2, 0) is 9.53 Å². The summed E-state index contributed by atoms with van der Waals surface area (Å²) in [5.74, 6) is -0.186. The molecule has 0 radical (unpaired) electrons. The fourth-order valence-electron chi connectivity index (χ4n) is 1.67. The van der Waals surface area contributed by atoms with Gasteiger partial charge < -0.3 is 10.1 Å². The van der Waals surface area contributed by atoms with Crippen molar-refractivity contribution in [2.45, 2.75) is 39.0 Å². The van der Waals surface area contributed by atoms with Crippen LogP contribution in [0.15, 0.2) is 30.3 Å². The standard InChI is InChI=1S/C15H23NO2/c1-2-3-4-5-9-12-18-15(17)13-16-14-10-7-6-8-11-14/h6-8,10-11,16H,2-5,9,12-13H2,1H3. The van der Waals surface area contributed by atoms with Crippen molar-refractivity contribution in [1.29, 1.82) is 0 Å². The van der Waals surface area contributed by atoms with Crippen LogP contribution in [0.3, 0.4) is 0 Å². The zero-order chi connectivity index (χ0) is 13.1. The van der Waals surface area contributed by atoms with Gasteiger partial charge in [-0.25, -0.2) is 0 Å². The summed E-state index contributed by atoms with van der Waals surface area (Å²) in [7, 11) is 0. The van der Waals surface area contributed by atoms with E-state index in [1.54, 1.807) is 0 Å². The van der Waals surface area contributed by atoms with Crippen LogP contribution in [0.2, 0.25) is 0 Å². The van der Waals surface area contributed by atoms with Gasteiger partial charge in [0, 0.05) is 5.69 Å². The van der Waals surface area contributed by atoms with Crippen molar-refractivity contribution in [3.05, 3.63) is 30.3 Å². The molecule has 0 aliphatic rings. The average Bonchev–Trinajstić information content (AvgIpc) is 2.41. The number of para-hydroxylation sites is 1. The van der Waals surface area contributed by atoms with E-state index in [0.29, 0.717) is 6.61 Å². The summed E-state index contributed by atoms with van der Waals surface area (Å²) in [5, 5.41) is 3.03. The van der Waals surface area contributed by atoms with Crippen molar-refractivity contribution >= 4 is 11.7 Å². The molecule has 0 aliphatic carbocycles. The smallest absolute Gasteiger partial charge is 0.325 e. The number of unbranched alkanes of at least 4 members (excludes halogenated alkanes) is 4. The molecule has 1 aromatic rings. The molecule has 100 valence electrons. The molecule has 3 nitrogen and oxygen atoms in total. The van der Waals surface area contributed by atoms with Gasteiger partial charge in [-0.15, -0.1) is 0 Å². The molecule has 0 spiro atoms. The summed E-state index contributed by atoms with van der Waals surface area (Å²) in [4.78, 5) is 11.4. The fourth-order valence-corrected chi connectivity index (χ4v) is 1.67. The molecule has 1 rings (SSSR count). The molecule has 0 fully saturated rings. The summed E-state index contributed by atoms with van der Waals surface area (Å²) >= 11 is 0. The van der Waals surface area contributed by atoms with Crippen LogP contribution in [0.4, 0.5) is 5.69 Å². The van der Waals surface area contributed by atoms with Gasteiger partial charge in [0.05, 0.1) is 6.61 Å². The number of carbonyl (C=O) groups excluding carboxylic acids is 1. The zero-order valence-electron chi connectivity index (χ0n) is 11.2. The molecule has 0 heterocycles. The third-order valence-corrected chi connectivity index (χ3v) is 2.72. The Bertz CT molecular complexity index is 325. The second-order valence-corrected chi connectivity index (χ2v) is 4.35. The van der Waals surface area contributed by atoms with Gasteiger partial charge in [-0.1, -0.05) is 50.8 Å². The van der Waals surface area contributed by atoms with E-state index in [1.807, 2.05) is 30.3 Å². The molecule has 1 aromatic carbocycles. The van der Waals surface area contributed by atoms with Crippen LogP contribution in [0.5, 0.6) is 0 Å². The number of anilines is 1. The van der Waals surface area contributed by atoms with E-state index < -0.39 is 0 Å². The first-order valence-corrected chi connectivity index (χ1v) is 6.77. The molecule has 3 heteroatoms. The predicted octanol–water partition coefficient (Wildman–Crippen LogP) is 3.61. The third kappa shape index (κ3) is 6.94. The molecule has 0 saturated heterocycles. The molecule has 0 amide bonds. The number of benzene rings is 1. The van der Waals surface area contributed by atoms with Crippen molar-refractivity contribution in [1.82, 2.24) is 0 Å². The lowest BCUT2D eigenvalue weighted by molar-refractivity contribution is -0.141. The summed E-state index contributed by atoms with van der Waals surface area (Å²) in [6.45, 7) is 2.97. The topological polar surface area (TPSA) is 38.3 Å². The second kappa shape index (κ2) is 9.51. The minimum atomic E-state index is -0.186. The number of hydrogen-bond donors (Lipinski definition) is 1. The molecule has 0 bridgehead atoms. The van der Waals surface area contributed by atoms with Gasteiger partial charge in [-0.3, -0.25) is 4.79 Å². The maximum Gasteiger partial charge on any atom is 0.325 e. The van der Waals surface area contributed by atoms with E-state index in [4.69, 9.17) is 4.74 Å². The highest BCUT2D eigenvalue weighted by atomic mass is 16.5. The Morgan fingerprint density at radius 1 is 1.11 bits per heavy atom. The highest BCUT2D eigenvalue weighted by molar-refractivity contribution is 5.74. The van der Waals surface area contributed by atoms with Crippen molar-refractivity contribution in [2.75, 3.05) is 18.5 Å². The largest absolute Gasteiger partial charge is 0.464 e. The Morgan fingerprint density at radius 2 is 1.83 bits per heavy atom. The van der Waals surface area contributed by atoms with E-state index in [2.05, 4.69) is 12.2 Å². The van der Waals surface area contributed by atoms with Crippen LogP contribution >= 0.6 is 0 Å². The number of esters is 1. The van der Waals surface area contributed by atoms with Gasteiger partial charge in [0.2, 0.25) is 0 Å². The van der Waals surface area contributed by atoms with Gasteiger partial charge in [-0.2, -0.15) is 0 Å². The second-order valence-electron chi connectivity index (χ2n) is 4.35. The highest BCUT2D eigenvalue weighted by Crippen LogP contribution is 2.05. The van der Waals surface area contributed by atoms with E-state index in [0.717, 1.165) is 18.5 Å². The first kappa shape index (κ1) is 14.6. The Kier molecular flexibility index (Phi) is 7.69. The van der Waals surface area contributed by atoms with E-state index in [9.17, 15) is 4.79 Å². The molecule has 0 aromatic heterocycles. The highest BCUT2D eigenvalue weighted by Gasteiger charge is 2.01. The molecule has 0 saturated carbocycles. The van der Waals surface area contributed by atoms with Crippen LogP contribution < -0.4 is 5.32 Å². The first-order chi connectivity index (χ1) is 8.83. The molecule has 0 unspecified atom stereocenters. The molecule has 18 heavy (non-hydrogen) atoms. The average molecular weight is 249 g/mol.